The maximum Gasteiger partial charge on any atom is 0.272 e. The van der Waals surface area contributed by atoms with Crippen molar-refractivity contribution in [1.82, 2.24) is 14.7 Å². The SMILES string of the molecule is CCn1nc(C)cc1C(=O)N(Cc1ccoc1)[C@H](C)CCc1ccccc1. The molecular formula is C22H27N3O2. The van der Waals surface area contributed by atoms with Gasteiger partial charge in [0, 0.05) is 24.7 Å². The molecule has 0 saturated heterocycles. The molecule has 0 spiro atoms. The number of amides is 1. The van der Waals surface area contributed by atoms with Gasteiger partial charge in [0.2, 0.25) is 0 Å². The topological polar surface area (TPSA) is 51.3 Å². The Morgan fingerprint density at radius 1 is 1.22 bits per heavy atom. The first-order valence-electron chi connectivity index (χ1n) is 9.49. The molecule has 27 heavy (non-hydrogen) atoms. The van der Waals surface area contributed by atoms with Crippen molar-refractivity contribution in [2.24, 2.45) is 0 Å². The van der Waals surface area contributed by atoms with Crippen LogP contribution < -0.4 is 0 Å². The standard InChI is InChI=1S/C22H27N3O2/c1-4-25-21(14-17(2)23-25)22(26)24(15-20-12-13-27-16-20)18(3)10-11-19-8-6-5-7-9-19/h5-9,12-14,16,18H,4,10-11,15H2,1-3H3/t18-/m1/s1. The fourth-order valence-corrected chi connectivity index (χ4v) is 3.29. The van der Waals surface area contributed by atoms with E-state index in [4.69, 9.17) is 4.42 Å². The van der Waals surface area contributed by atoms with Gasteiger partial charge >= 0.3 is 0 Å². The van der Waals surface area contributed by atoms with E-state index in [9.17, 15) is 4.79 Å². The number of benzene rings is 1. The van der Waals surface area contributed by atoms with E-state index >= 15 is 0 Å². The second-order valence-corrected chi connectivity index (χ2v) is 6.92. The predicted octanol–water partition coefficient (Wildman–Crippen LogP) is 4.47. The summed E-state index contributed by atoms with van der Waals surface area (Å²) in [7, 11) is 0. The zero-order valence-corrected chi connectivity index (χ0v) is 16.3. The van der Waals surface area contributed by atoms with Crippen molar-refractivity contribution in [3.05, 3.63) is 77.5 Å². The minimum atomic E-state index is 0.0132. The second kappa shape index (κ2) is 8.71. The van der Waals surface area contributed by atoms with Crippen LogP contribution in [0.1, 0.15) is 47.6 Å². The molecule has 0 aliphatic heterocycles. The van der Waals surface area contributed by atoms with Crippen LogP contribution in [0.25, 0.3) is 0 Å². The van der Waals surface area contributed by atoms with E-state index in [1.807, 2.05) is 36.9 Å². The Bertz CT molecular complexity index is 853. The molecule has 0 aliphatic rings. The fourth-order valence-electron chi connectivity index (χ4n) is 3.29. The van der Waals surface area contributed by atoms with Crippen molar-refractivity contribution in [2.75, 3.05) is 0 Å². The molecule has 0 unspecified atom stereocenters. The lowest BCUT2D eigenvalue weighted by molar-refractivity contribution is 0.0654. The summed E-state index contributed by atoms with van der Waals surface area (Å²) in [4.78, 5) is 15.3. The Hall–Kier alpha value is -2.82. The van der Waals surface area contributed by atoms with Gasteiger partial charge in [0.1, 0.15) is 5.69 Å². The largest absolute Gasteiger partial charge is 0.472 e. The Labute approximate surface area is 160 Å². The third-order valence-corrected chi connectivity index (χ3v) is 4.84. The monoisotopic (exact) mass is 365 g/mol. The number of furan rings is 1. The van der Waals surface area contributed by atoms with Gasteiger partial charge in [-0.3, -0.25) is 9.48 Å². The minimum Gasteiger partial charge on any atom is -0.472 e. The lowest BCUT2D eigenvalue weighted by Gasteiger charge is -2.29. The number of carbonyl (C=O) groups excluding carboxylic acids is 1. The summed E-state index contributed by atoms with van der Waals surface area (Å²) >= 11 is 0. The summed E-state index contributed by atoms with van der Waals surface area (Å²) in [6.07, 6.45) is 5.18. The Morgan fingerprint density at radius 3 is 2.67 bits per heavy atom. The summed E-state index contributed by atoms with van der Waals surface area (Å²) in [5.74, 6) is 0.0132. The van der Waals surface area contributed by atoms with Crippen molar-refractivity contribution in [1.29, 1.82) is 0 Å². The molecule has 2 heterocycles. The summed E-state index contributed by atoms with van der Waals surface area (Å²) < 4.78 is 6.99. The van der Waals surface area contributed by atoms with Crippen molar-refractivity contribution in [3.8, 4) is 0 Å². The quantitative estimate of drug-likeness (QED) is 0.592. The maximum atomic E-state index is 13.4. The van der Waals surface area contributed by atoms with Crippen LogP contribution in [-0.4, -0.2) is 26.6 Å². The number of hydrogen-bond acceptors (Lipinski definition) is 3. The number of nitrogens with zero attached hydrogens (tertiary/aromatic N) is 3. The molecule has 0 radical (unpaired) electrons. The van der Waals surface area contributed by atoms with Gasteiger partial charge in [0.05, 0.1) is 18.2 Å². The van der Waals surface area contributed by atoms with Crippen LogP contribution in [0.3, 0.4) is 0 Å². The molecule has 0 bridgehead atoms. The fraction of sp³-hybridized carbons (Fsp3) is 0.364. The number of aryl methyl sites for hydroxylation is 3. The molecule has 0 aliphatic carbocycles. The first-order chi connectivity index (χ1) is 13.1. The van der Waals surface area contributed by atoms with Crippen LogP contribution in [0.4, 0.5) is 0 Å². The average molecular weight is 365 g/mol. The van der Waals surface area contributed by atoms with Crippen LogP contribution >= 0.6 is 0 Å². The van der Waals surface area contributed by atoms with Crippen molar-refractivity contribution >= 4 is 5.91 Å². The molecule has 3 aromatic rings. The summed E-state index contributed by atoms with van der Waals surface area (Å²) in [6.45, 7) is 7.23. The molecule has 3 rings (SSSR count). The highest BCUT2D eigenvalue weighted by atomic mass is 16.3. The van der Waals surface area contributed by atoms with Crippen LogP contribution in [0, 0.1) is 6.92 Å². The summed E-state index contributed by atoms with van der Waals surface area (Å²) in [5.41, 5.74) is 3.79. The van der Waals surface area contributed by atoms with Crippen LogP contribution in [0.2, 0.25) is 0 Å². The Balaban J connectivity index is 1.80. The van der Waals surface area contributed by atoms with Gasteiger partial charge < -0.3 is 9.32 Å². The van der Waals surface area contributed by atoms with Gasteiger partial charge in [-0.15, -0.1) is 0 Å². The highest BCUT2D eigenvalue weighted by Crippen LogP contribution is 2.18. The van der Waals surface area contributed by atoms with E-state index in [1.165, 1.54) is 5.56 Å². The molecule has 5 heteroatoms. The number of aromatic nitrogens is 2. The zero-order valence-electron chi connectivity index (χ0n) is 16.3. The molecule has 0 saturated carbocycles. The van der Waals surface area contributed by atoms with Gasteiger partial charge in [-0.1, -0.05) is 30.3 Å². The van der Waals surface area contributed by atoms with Crippen molar-refractivity contribution in [2.45, 2.75) is 52.7 Å². The Kier molecular flexibility index (Phi) is 6.12. The molecule has 1 amide bonds. The lowest BCUT2D eigenvalue weighted by atomic mass is 10.0. The van der Waals surface area contributed by atoms with E-state index in [2.05, 4.69) is 36.3 Å². The first-order valence-corrected chi connectivity index (χ1v) is 9.49. The average Bonchev–Trinajstić information content (AvgIpc) is 3.33. The lowest BCUT2D eigenvalue weighted by Crippen LogP contribution is -2.39. The highest BCUT2D eigenvalue weighted by molar-refractivity contribution is 5.93. The normalized spacial score (nSPS) is 12.1. The summed E-state index contributed by atoms with van der Waals surface area (Å²) in [6, 6.07) is 14.3. The van der Waals surface area contributed by atoms with E-state index in [-0.39, 0.29) is 11.9 Å². The van der Waals surface area contributed by atoms with E-state index < -0.39 is 0 Å². The second-order valence-electron chi connectivity index (χ2n) is 6.92. The molecule has 2 aromatic heterocycles. The Morgan fingerprint density at radius 2 is 2.00 bits per heavy atom. The predicted molar refractivity (Wildman–Crippen MR) is 105 cm³/mol. The number of carbonyl (C=O) groups is 1. The molecule has 0 N–H and O–H groups in total. The van der Waals surface area contributed by atoms with Gasteiger partial charge in [0.15, 0.2) is 0 Å². The highest BCUT2D eigenvalue weighted by Gasteiger charge is 2.25. The van der Waals surface area contributed by atoms with Crippen molar-refractivity contribution < 1.29 is 9.21 Å². The molecule has 142 valence electrons. The van der Waals surface area contributed by atoms with E-state index in [0.29, 0.717) is 18.8 Å². The van der Waals surface area contributed by atoms with Crippen LogP contribution in [0.5, 0.6) is 0 Å². The third kappa shape index (κ3) is 4.67. The molecule has 5 nitrogen and oxygen atoms in total. The molecule has 1 aromatic carbocycles. The van der Waals surface area contributed by atoms with E-state index in [1.54, 1.807) is 17.2 Å². The molecule has 0 fully saturated rings. The van der Waals surface area contributed by atoms with Gasteiger partial charge in [-0.25, -0.2) is 0 Å². The number of hydrogen-bond donors (Lipinski definition) is 0. The van der Waals surface area contributed by atoms with Gasteiger partial charge in [0.25, 0.3) is 5.91 Å². The minimum absolute atomic E-state index is 0.0132. The van der Waals surface area contributed by atoms with E-state index in [0.717, 1.165) is 24.1 Å². The van der Waals surface area contributed by atoms with Gasteiger partial charge in [-0.05, 0) is 51.3 Å². The smallest absolute Gasteiger partial charge is 0.272 e. The van der Waals surface area contributed by atoms with Crippen LogP contribution in [-0.2, 0) is 19.5 Å². The van der Waals surface area contributed by atoms with Crippen LogP contribution in [0.15, 0.2) is 59.4 Å². The molecular weight excluding hydrogens is 338 g/mol. The third-order valence-electron chi connectivity index (χ3n) is 4.84. The van der Waals surface area contributed by atoms with Crippen molar-refractivity contribution in [3.63, 3.8) is 0 Å². The molecule has 1 atom stereocenters. The maximum absolute atomic E-state index is 13.4. The zero-order chi connectivity index (χ0) is 19.2. The number of rotatable bonds is 8. The van der Waals surface area contributed by atoms with Gasteiger partial charge in [-0.2, -0.15) is 5.10 Å². The first kappa shape index (κ1) is 19.0. The summed E-state index contributed by atoms with van der Waals surface area (Å²) in [5, 5.41) is 4.43.